The smallest absolute Gasteiger partial charge is 0.252 e. The van der Waals surface area contributed by atoms with Gasteiger partial charge in [0.2, 0.25) is 0 Å². The summed E-state index contributed by atoms with van der Waals surface area (Å²) < 4.78 is 0.968. The Labute approximate surface area is 134 Å². The molecule has 6 heteroatoms. The first-order valence-corrected chi connectivity index (χ1v) is 8.35. The maximum Gasteiger partial charge on any atom is 0.252 e. The lowest BCUT2D eigenvalue weighted by molar-refractivity contribution is 0.0953. The number of fused-ring (bicyclic) bond motifs is 1. The van der Waals surface area contributed by atoms with Gasteiger partial charge in [-0.25, -0.2) is 4.98 Å². The topological polar surface area (TPSA) is 57.8 Å². The number of nitrogens with zero attached hydrogens (tertiary/aromatic N) is 1. The Morgan fingerprint density at radius 1 is 1.38 bits per heavy atom. The maximum absolute atomic E-state index is 11.9. The van der Waals surface area contributed by atoms with Crippen molar-refractivity contribution in [3.8, 4) is 0 Å². The molecule has 0 aliphatic carbocycles. The van der Waals surface area contributed by atoms with Gasteiger partial charge in [-0.1, -0.05) is 12.1 Å². The van der Waals surface area contributed by atoms with E-state index >= 15 is 0 Å². The van der Waals surface area contributed by atoms with Crippen LogP contribution in [0.1, 0.15) is 22.6 Å². The first-order chi connectivity index (χ1) is 10.2. The molecule has 0 unspecified atom stereocenters. The molecule has 0 bridgehead atoms. The van der Waals surface area contributed by atoms with E-state index in [4.69, 9.17) is 0 Å². The second-order valence-electron chi connectivity index (χ2n) is 4.70. The molecule has 0 aliphatic rings. The second kappa shape index (κ2) is 6.41. The fourth-order valence-corrected chi connectivity index (χ4v) is 3.25. The highest BCUT2D eigenvalue weighted by atomic mass is 79.9. The van der Waals surface area contributed by atoms with Gasteiger partial charge in [0.05, 0.1) is 20.4 Å². The molecule has 0 radical (unpaired) electrons. The third kappa shape index (κ3) is 3.51. The number of carbonyl (C=O) groups excluding carboxylic acids is 1. The van der Waals surface area contributed by atoms with Crippen LogP contribution in [0.25, 0.3) is 11.0 Å². The average Bonchev–Trinajstić information content (AvgIpc) is 3.09. The fraction of sp³-hybridized carbons (Fsp3) is 0.200. The van der Waals surface area contributed by atoms with Crippen molar-refractivity contribution in [2.75, 3.05) is 6.54 Å². The molecule has 1 aromatic carbocycles. The quantitative estimate of drug-likeness (QED) is 0.678. The molecular formula is C15H14BrN3OS. The van der Waals surface area contributed by atoms with Crippen LogP contribution >= 0.6 is 27.3 Å². The zero-order valence-corrected chi connectivity index (χ0v) is 13.6. The van der Waals surface area contributed by atoms with Gasteiger partial charge < -0.3 is 10.3 Å². The molecule has 0 saturated carbocycles. The van der Waals surface area contributed by atoms with E-state index in [1.54, 1.807) is 0 Å². The Hall–Kier alpha value is -1.66. The highest BCUT2D eigenvalue weighted by Crippen LogP contribution is 2.20. The van der Waals surface area contributed by atoms with E-state index in [1.165, 1.54) is 11.3 Å². The number of halogens is 1. The number of hydrogen-bond acceptors (Lipinski definition) is 3. The number of amides is 1. The van der Waals surface area contributed by atoms with Crippen LogP contribution in [0.3, 0.4) is 0 Å². The van der Waals surface area contributed by atoms with E-state index in [9.17, 15) is 4.79 Å². The summed E-state index contributed by atoms with van der Waals surface area (Å²) in [5.74, 6) is 0.935. The van der Waals surface area contributed by atoms with E-state index in [2.05, 4.69) is 31.2 Å². The van der Waals surface area contributed by atoms with E-state index in [0.717, 1.165) is 33.5 Å². The van der Waals surface area contributed by atoms with Gasteiger partial charge in [0, 0.05) is 18.3 Å². The molecule has 2 N–H and O–H groups in total. The lowest BCUT2D eigenvalue weighted by Gasteiger charge is -2.02. The van der Waals surface area contributed by atoms with Crippen LogP contribution in [0.4, 0.5) is 0 Å². The van der Waals surface area contributed by atoms with Crippen LogP contribution in [0.2, 0.25) is 0 Å². The summed E-state index contributed by atoms with van der Waals surface area (Å²) in [6, 6.07) is 9.81. The Kier molecular flexibility index (Phi) is 4.36. The van der Waals surface area contributed by atoms with Crippen molar-refractivity contribution in [3.05, 3.63) is 50.9 Å². The summed E-state index contributed by atoms with van der Waals surface area (Å²) in [6.07, 6.45) is 1.68. The number of para-hydroxylation sites is 2. The monoisotopic (exact) mass is 363 g/mol. The van der Waals surface area contributed by atoms with E-state index in [0.29, 0.717) is 12.1 Å². The molecule has 2 aromatic heterocycles. The molecule has 2 heterocycles. The van der Waals surface area contributed by atoms with Gasteiger partial charge in [-0.2, -0.15) is 0 Å². The molecular weight excluding hydrogens is 350 g/mol. The second-order valence-corrected chi connectivity index (χ2v) is 6.99. The Balaban J connectivity index is 1.49. The SMILES string of the molecule is O=C(NCCCc1nc2ccccc2[nH]1)c1csc(Br)c1. The highest BCUT2D eigenvalue weighted by Gasteiger charge is 2.07. The Morgan fingerprint density at radius 2 is 2.24 bits per heavy atom. The Bertz CT molecular complexity index is 732. The number of nitrogens with one attached hydrogen (secondary N) is 2. The van der Waals surface area contributed by atoms with Crippen molar-refractivity contribution in [3.63, 3.8) is 0 Å². The first-order valence-electron chi connectivity index (χ1n) is 6.68. The lowest BCUT2D eigenvalue weighted by Crippen LogP contribution is -2.24. The van der Waals surface area contributed by atoms with Crippen molar-refractivity contribution in [2.45, 2.75) is 12.8 Å². The predicted octanol–water partition coefficient (Wildman–Crippen LogP) is 3.75. The minimum atomic E-state index is -0.0263. The van der Waals surface area contributed by atoms with Crippen LogP contribution in [0.15, 0.2) is 39.5 Å². The number of carbonyl (C=O) groups is 1. The van der Waals surface area contributed by atoms with Crippen molar-refractivity contribution >= 4 is 44.2 Å². The zero-order chi connectivity index (χ0) is 14.7. The summed E-state index contributed by atoms with van der Waals surface area (Å²) in [5, 5.41) is 4.77. The predicted molar refractivity (Wildman–Crippen MR) is 88.8 cm³/mol. The molecule has 21 heavy (non-hydrogen) atoms. The standard InChI is InChI=1S/C15H14BrN3OS/c16-13-8-10(9-21-13)15(20)17-7-3-6-14-18-11-4-1-2-5-12(11)19-14/h1-2,4-5,8-9H,3,6-7H2,(H,17,20)(H,18,19). The van der Waals surface area contributed by atoms with Gasteiger partial charge in [-0.05, 0) is 40.5 Å². The third-order valence-electron chi connectivity index (χ3n) is 3.14. The number of H-pyrrole nitrogens is 1. The van der Waals surface area contributed by atoms with Crippen molar-refractivity contribution in [2.24, 2.45) is 0 Å². The average molecular weight is 364 g/mol. The van der Waals surface area contributed by atoms with Crippen LogP contribution in [0, 0.1) is 0 Å². The summed E-state index contributed by atoms with van der Waals surface area (Å²) in [7, 11) is 0. The largest absolute Gasteiger partial charge is 0.352 e. The minimum absolute atomic E-state index is 0.0263. The third-order valence-corrected chi connectivity index (χ3v) is 4.65. The fourth-order valence-electron chi connectivity index (χ4n) is 2.11. The van der Waals surface area contributed by atoms with Crippen LogP contribution in [-0.4, -0.2) is 22.4 Å². The number of aromatic nitrogens is 2. The lowest BCUT2D eigenvalue weighted by atomic mass is 10.3. The molecule has 0 fully saturated rings. The molecule has 0 aliphatic heterocycles. The molecule has 4 nitrogen and oxygen atoms in total. The van der Waals surface area contributed by atoms with Gasteiger partial charge in [-0.3, -0.25) is 4.79 Å². The van der Waals surface area contributed by atoms with Crippen molar-refractivity contribution < 1.29 is 4.79 Å². The van der Waals surface area contributed by atoms with E-state index in [1.807, 2.05) is 35.7 Å². The summed E-state index contributed by atoms with van der Waals surface area (Å²) >= 11 is 4.87. The number of aryl methyl sites for hydroxylation is 1. The summed E-state index contributed by atoms with van der Waals surface area (Å²) in [5.41, 5.74) is 2.75. The number of aromatic amines is 1. The van der Waals surface area contributed by atoms with E-state index < -0.39 is 0 Å². The molecule has 108 valence electrons. The summed E-state index contributed by atoms with van der Waals surface area (Å²) in [6.45, 7) is 0.642. The van der Waals surface area contributed by atoms with Gasteiger partial charge >= 0.3 is 0 Å². The van der Waals surface area contributed by atoms with Gasteiger partial charge in [-0.15, -0.1) is 11.3 Å². The molecule has 0 atom stereocenters. The molecule has 3 aromatic rings. The number of benzene rings is 1. The molecule has 1 amide bonds. The van der Waals surface area contributed by atoms with Crippen LogP contribution < -0.4 is 5.32 Å². The number of hydrogen-bond donors (Lipinski definition) is 2. The van der Waals surface area contributed by atoms with Crippen LogP contribution in [0.5, 0.6) is 0 Å². The Morgan fingerprint density at radius 3 is 3.00 bits per heavy atom. The van der Waals surface area contributed by atoms with Gasteiger partial charge in [0.15, 0.2) is 0 Å². The van der Waals surface area contributed by atoms with Crippen LogP contribution in [-0.2, 0) is 6.42 Å². The molecule has 3 rings (SSSR count). The minimum Gasteiger partial charge on any atom is -0.352 e. The normalized spacial score (nSPS) is 10.9. The summed E-state index contributed by atoms with van der Waals surface area (Å²) in [4.78, 5) is 19.7. The number of rotatable bonds is 5. The maximum atomic E-state index is 11.9. The van der Waals surface area contributed by atoms with Crippen molar-refractivity contribution in [1.82, 2.24) is 15.3 Å². The number of imidazole rings is 1. The first kappa shape index (κ1) is 14.3. The van der Waals surface area contributed by atoms with Gasteiger partial charge in [0.1, 0.15) is 5.82 Å². The molecule has 0 spiro atoms. The van der Waals surface area contributed by atoms with E-state index in [-0.39, 0.29) is 5.91 Å². The highest BCUT2D eigenvalue weighted by molar-refractivity contribution is 9.11. The van der Waals surface area contributed by atoms with Crippen molar-refractivity contribution in [1.29, 1.82) is 0 Å². The molecule has 0 saturated heterocycles. The zero-order valence-electron chi connectivity index (χ0n) is 11.2. The number of thiophene rings is 1. The van der Waals surface area contributed by atoms with Gasteiger partial charge in [0.25, 0.3) is 5.91 Å².